The van der Waals surface area contributed by atoms with Crippen molar-refractivity contribution in [3.8, 4) is 11.5 Å². The normalized spacial score (nSPS) is 11.4. The lowest BCUT2D eigenvalue weighted by molar-refractivity contribution is 0.0116. The zero-order valence-electron chi connectivity index (χ0n) is 17.9. The molecule has 0 radical (unpaired) electrons. The molecule has 0 bridgehead atoms. The van der Waals surface area contributed by atoms with Gasteiger partial charge in [-0.25, -0.2) is 13.2 Å². The molecule has 10 heteroatoms. The van der Waals surface area contributed by atoms with Crippen LogP contribution < -0.4 is 4.74 Å². The van der Waals surface area contributed by atoms with Gasteiger partial charge in [0.25, 0.3) is 0 Å². The summed E-state index contributed by atoms with van der Waals surface area (Å²) in [6.07, 6.45) is 0. The van der Waals surface area contributed by atoms with E-state index in [0.29, 0.717) is 25.6 Å². The molecule has 0 saturated carbocycles. The lowest BCUT2D eigenvalue weighted by Crippen LogP contribution is -2.16. The minimum absolute atomic E-state index is 0.0891. The molecule has 176 valence electrons. The second-order valence-electron chi connectivity index (χ2n) is 6.80. The molecule has 0 atom stereocenters. The van der Waals surface area contributed by atoms with Gasteiger partial charge in [0.1, 0.15) is 23.7 Å². The van der Waals surface area contributed by atoms with Crippen molar-refractivity contribution < 1.29 is 42.4 Å². The zero-order valence-corrected chi connectivity index (χ0v) is 18.7. The molecule has 0 amide bonds. The Hall–Kier alpha value is -2.66. The first-order valence-electron chi connectivity index (χ1n) is 10.0. The average Bonchev–Trinajstić information content (AvgIpc) is 2.75. The van der Waals surface area contributed by atoms with Crippen LogP contribution in [0, 0.1) is 6.92 Å². The van der Waals surface area contributed by atoms with E-state index in [1.54, 1.807) is 24.3 Å². The van der Waals surface area contributed by atoms with Crippen molar-refractivity contribution in [2.75, 3.05) is 52.0 Å². The molecule has 2 rings (SSSR count). The Morgan fingerprint density at radius 3 is 2.00 bits per heavy atom. The lowest BCUT2D eigenvalue weighted by Gasteiger charge is -2.09. The van der Waals surface area contributed by atoms with E-state index in [2.05, 4.69) is 0 Å². The molecule has 9 nitrogen and oxygen atoms in total. The smallest absolute Gasteiger partial charge is 0.339 e. The molecule has 32 heavy (non-hydrogen) atoms. The summed E-state index contributed by atoms with van der Waals surface area (Å²) in [7, 11) is -3.36. The van der Waals surface area contributed by atoms with Crippen LogP contribution in [0.2, 0.25) is 0 Å². The Labute approximate surface area is 187 Å². The number of rotatable bonds is 15. The summed E-state index contributed by atoms with van der Waals surface area (Å²) in [6.45, 7) is 3.74. The number of hydrogen-bond donors (Lipinski definition) is 2. The quantitative estimate of drug-likeness (QED) is 0.378. The van der Waals surface area contributed by atoms with Crippen LogP contribution in [0.5, 0.6) is 11.5 Å². The Morgan fingerprint density at radius 2 is 1.41 bits per heavy atom. The number of phenols is 1. The highest BCUT2D eigenvalue weighted by Crippen LogP contribution is 2.22. The molecule has 0 aliphatic carbocycles. The van der Waals surface area contributed by atoms with Gasteiger partial charge in [-0.05, 0) is 37.3 Å². The SMILES string of the molecule is Cc1ccc(S(=O)(=O)CCOCCOCCOCCOc2ccc(O)c(C(=O)O)c2)cc1. The number of carboxylic acids is 1. The van der Waals surface area contributed by atoms with Crippen molar-refractivity contribution >= 4 is 15.8 Å². The predicted octanol–water partition coefficient (Wildman–Crippen LogP) is 2.30. The minimum atomic E-state index is -3.36. The lowest BCUT2D eigenvalue weighted by atomic mass is 10.2. The number of aromatic hydroxyl groups is 1. The van der Waals surface area contributed by atoms with Gasteiger partial charge in [-0.1, -0.05) is 17.7 Å². The molecule has 2 aromatic carbocycles. The van der Waals surface area contributed by atoms with Crippen molar-refractivity contribution in [3.63, 3.8) is 0 Å². The Balaban J connectivity index is 1.47. The van der Waals surface area contributed by atoms with Crippen LogP contribution in [0.15, 0.2) is 47.4 Å². The van der Waals surface area contributed by atoms with Gasteiger partial charge in [-0.3, -0.25) is 0 Å². The van der Waals surface area contributed by atoms with Gasteiger partial charge >= 0.3 is 5.97 Å². The summed E-state index contributed by atoms with van der Waals surface area (Å²) < 4.78 is 45.8. The van der Waals surface area contributed by atoms with Gasteiger partial charge in [0.05, 0.1) is 50.3 Å². The van der Waals surface area contributed by atoms with E-state index in [4.69, 9.17) is 24.1 Å². The molecule has 0 spiro atoms. The first-order chi connectivity index (χ1) is 15.3. The van der Waals surface area contributed by atoms with Crippen molar-refractivity contribution in [1.29, 1.82) is 0 Å². The highest BCUT2D eigenvalue weighted by molar-refractivity contribution is 7.91. The second kappa shape index (κ2) is 13.0. The second-order valence-corrected chi connectivity index (χ2v) is 8.91. The summed E-state index contributed by atoms with van der Waals surface area (Å²) in [6, 6.07) is 10.7. The van der Waals surface area contributed by atoms with Gasteiger partial charge in [0.15, 0.2) is 9.84 Å². The van der Waals surface area contributed by atoms with Gasteiger partial charge in [0.2, 0.25) is 0 Å². The van der Waals surface area contributed by atoms with Crippen LogP contribution in [-0.2, 0) is 24.0 Å². The summed E-state index contributed by atoms with van der Waals surface area (Å²) in [5.74, 6) is -1.33. The van der Waals surface area contributed by atoms with Crippen LogP contribution in [0.3, 0.4) is 0 Å². The van der Waals surface area contributed by atoms with Gasteiger partial charge in [-0.2, -0.15) is 0 Å². The van der Waals surface area contributed by atoms with Crippen LogP contribution >= 0.6 is 0 Å². The molecular formula is C22H28O9S. The zero-order chi connectivity index (χ0) is 23.4. The van der Waals surface area contributed by atoms with Crippen molar-refractivity contribution in [2.45, 2.75) is 11.8 Å². The molecule has 2 N–H and O–H groups in total. The molecule has 0 unspecified atom stereocenters. The van der Waals surface area contributed by atoms with Gasteiger partial charge in [-0.15, -0.1) is 0 Å². The standard InChI is InChI=1S/C22H28O9S/c1-17-2-5-19(6-3-17)32(26,27)15-14-30-11-10-28-8-9-29-12-13-31-18-4-7-21(23)20(16-18)22(24)25/h2-7,16,23H,8-15H2,1H3,(H,24,25). The number of benzene rings is 2. The fourth-order valence-electron chi connectivity index (χ4n) is 2.57. The number of aromatic carboxylic acids is 1. The molecule has 0 fully saturated rings. The number of hydrogen-bond acceptors (Lipinski definition) is 8. The topological polar surface area (TPSA) is 129 Å². The monoisotopic (exact) mass is 468 g/mol. The predicted molar refractivity (Wildman–Crippen MR) is 116 cm³/mol. The molecule has 0 aromatic heterocycles. The largest absolute Gasteiger partial charge is 0.507 e. The molecule has 2 aromatic rings. The molecule has 0 aliphatic heterocycles. The summed E-state index contributed by atoms with van der Waals surface area (Å²) in [4.78, 5) is 11.2. The Morgan fingerprint density at radius 1 is 0.844 bits per heavy atom. The van der Waals surface area contributed by atoms with Gasteiger partial charge in [0, 0.05) is 0 Å². The molecular weight excluding hydrogens is 440 g/mol. The highest BCUT2D eigenvalue weighted by Gasteiger charge is 2.13. The summed E-state index contributed by atoms with van der Waals surface area (Å²) in [5.41, 5.74) is 0.771. The van der Waals surface area contributed by atoms with Crippen LogP contribution in [0.1, 0.15) is 15.9 Å². The van der Waals surface area contributed by atoms with Crippen molar-refractivity contribution in [2.24, 2.45) is 0 Å². The third-order valence-corrected chi connectivity index (χ3v) is 6.01. The average molecular weight is 469 g/mol. The van der Waals surface area contributed by atoms with E-state index >= 15 is 0 Å². The van der Waals surface area contributed by atoms with Crippen LogP contribution in [-0.4, -0.2) is 76.6 Å². The first-order valence-corrected chi connectivity index (χ1v) is 11.7. The van der Waals surface area contributed by atoms with Crippen molar-refractivity contribution in [1.82, 2.24) is 0 Å². The Bertz CT molecular complexity index is 956. The number of carboxylic acid groups (broad SMARTS) is 1. The van der Waals surface area contributed by atoms with E-state index in [9.17, 15) is 18.3 Å². The van der Waals surface area contributed by atoms with Gasteiger partial charge < -0.3 is 29.2 Å². The maximum absolute atomic E-state index is 12.2. The van der Waals surface area contributed by atoms with E-state index in [1.807, 2.05) is 6.92 Å². The third kappa shape index (κ3) is 8.83. The first kappa shape index (κ1) is 25.6. The number of ether oxygens (including phenoxy) is 4. The number of aryl methyl sites for hydroxylation is 1. The summed E-state index contributed by atoms with van der Waals surface area (Å²) >= 11 is 0. The number of sulfone groups is 1. The van der Waals surface area contributed by atoms with Crippen LogP contribution in [0.4, 0.5) is 0 Å². The highest BCUT2D eigenvalue weighted by atomic mass is 32.2. The summed E-state index contributed by atoms with van der Waals surface area (Å²) in [5, 5.41) is 18.4. The van der Waals surface area contributed by atoms with Crippen LogP contribution in [0.25, 0.3) is 0 Å². The molecule has 0 aliphatic rings. The molecule has 0 heterocycles. The fourth-order valence-corrected chi connectivity index (χ4v) is 3.69. The van der Waals surface area contributed by atoms with E-state index in [0.717, 1.165) is 5.56 Å². The maximum Gasteiger partial charge on any atom is 0.339 e. The third-order valence-electron chi connectivity index (χ3n) is 4.32. The fraction of sp³-hybridized carbons (Fsp3) is 0.409. The van der Waals surface area contributed by atoms with E-state index in [-0.39, 0.29) is 48.4 Å². The minimum Gasteiger partial charge on any atom is -0.507 e. The molecule has 0 saturated heterocycles. The van der Waals surface area contributed by atoms with E-state index < -0.39 is 15.8 Å². The van der Waals surface area contributed by atoms with Crippen molar-refractivity contribution in [3.05, 3.63) is 53.6 Å². The van der Waals surface area contributed by atoms with E-state index in [1.165, 1.54) is 18.2 Å². The number of carbonyl (C=O) groups is 1. The maximum atomic E-state index is 12.2. The Kier molecular flexibility index (Phi) is 10.4.